The first-order chi connectivity index (χ1) is 8.13. The third-order valence-corrected chi connectivity index (χ3v) is 2.53. The second kappa shape index (κ2) is 4.36. The first-order valence-corrected chi connectivity index (χ1v) is 5.21. The lowest BCUT2D eigenvalue weighted by molar-refractivity contribution is 0.300. The van der Waals surface area contributed by atoms with Gasteiger partial charge in [-0.3, -0.25) is 9.36 Å². The molecule has 0 aromatic carbocycles. The molecule has 2 heterocycles. The third-order valence-electron chi connectivity index (χ3n) is 2.53. The summed E-state index contributed by atoms with van der Waals surface area (Å²) in [5, 5.41) is 7.26. The lowest BCUT2D eigenvalue weighted by Crippen LogP contribution is -2.39. The summed E-state index contributed by atoms with van der Waals surface area (Å²) < 4.78 is 7.09. The first kappa shape index (κ1) is 11.3. The summed E-state index contributed by atoms with van der Waals surface area (Å²) >= 11 is 0. The van der Waals surface area contributed by atoms with Crippen molar-refractivity contribution < 1.29 is 4.63 Å². The third kappa shape index (κ3) is 2.03. The topological polar surface area (TPSA) is 82.9 Å². The fraction of sp³-hybridized carbons (Fsp3) is 0.400. The van der Waals surface area contributed by atoms with Crippen LogP contribution in [0.25, 0.3) is 0 Å². The van der Waals surface area contributed by atoms with Gasteiger partial charge in [-0.15, -0.1) is 0 Å². The van der Waals surface area contributed by atoms with Crippen molar-refractivity contribution in [2.75, 3.05) is 0 Å². The molecule has 2 rings (SSSR count). The van der Waals surface area contributed by atoms with Crippen LogP contribution in [0.1, 0.15) is 18.3 Å². The normalized spacial score (nSPS) is 10.7. The van der Waals surface area contributed by atoms with Crippen molar-refractivity contribution in [1.29, 1.82) is 0 Å². The van der Waals surface area contributed by atoms with Gasteiger partial charge in [0, 0.05) is 18.8 Å². The Balaban J connectivity index is 2.49. The molecule has 0 saturated carbocycles. The number of rotatable bonds is 3. The van der Waals surface area contributed by atoms with Gasteiger partial charge in [-0.25, -0.2) is 9.42 Å². The zero-order chi connectivity index (χ0) is 12.4. The van der Waals surface area contributed by atoms with E-state index >= 15 is 0 Å². The highest BCUT2D eigenvalue weighted by molar-refractivity contribution is 5.05. The van der Waals surface area contributed by atoms with E-state index in [-0.39, 0.29) is 17.8 Å². The molecule has 0 atom stereocenters. The highest BCUT2D eigenvalue weighted by atomic mass is 16.6. The van der Waals surface area contributed by atoms with Crippen LogP contribution in [0.15, 0.2) is 26.5 Å². The average molecular weight is 236 g/mol. The number of aromatic nitrogens is 4. The molecule has 0 aliphatic carbocycles. The number of hydrogen-bond donors (Lipinski definition) is 0. The quantitative estimate of drug-likeness (QED) is 0.735. The smallest absolute Gasteiger partial charge is 0.301 e. The van der Waals surface area contributed by atoms with Gasteiger partial charge in [0.05, 0.1) is 6.54 Å². The summed E-state index contributed by atoms with van der Waals surface area (Å²) in [7, 11) is 0. The van der Waals surface area contributed by atoms with Crippen LogP contribution in [0.4, 0.5) is 0 Å². The van der Waals surface area contributed by atoms with E-state index in [1.165, 1.54) is 16.8 Å². The van der Waals surface area contributed by atoms with Gasteiger partial charge in [-0.05, 0) is 13.8 Å². The maximum Gasteiger partial charge on any atom is 0.331 e. The van der Waals surface area contributed by atoms with E-state index in [4.69, 9.17) is 0 Å². The van der Waals surface area contributed by atoms with E-state index in [2.05, 4.69) is 14.9 Å². The Morgan fingerprint density at radius 2 is 2.12 bits per heavy atom. The van der Waals surface area contributed by atoms with Crippen LogP contribution in [-0.2, 0) is 13.1 Å². The lowest BCUT2D eigenvalue weighted by atomic mass is 10.3. The first-order valence-electron chi connectivity index (χ1n) is 5.21. The van der Waals surface area contributed by atoms with E-state index < -0.39 is 0 Å². The molecule has 2 aromatic rings. The van der Waals surface area contributed by atoms with Gasteiger partial charge in [0.1, 0.15) is 11.4 Å². The molecular formula is C10H12N4O3. The minimum atomic E-state index is -0.359. The van der Waals surface area contributed by atoms with Crippen molar-refractivity contribution in [2.45, 2.75) is 26.9 Å². The molecule has 0 radical (unpaired) electrons. The van der Waals surface area contributed by atoms with Crippen LogP contribution >= 0.6 is 0 Å². The summed E-state index contributed by atoms with van der Waals surface area (Å²) in [6.07, 6.45) is 1.48. The van der Waals surface area contributed by atoms with Crippen LogP contribution < -0.4 is 11.2 Å². The van der Waals surface area contributed by atoms with Crippen LogP contribution in [0.2, 0.25) is 0 Å². The molecule has 17 heavy (non-hydrogen) atoms. The SMILES string of the molecule is CCn1ccc(=O)n(Cc2nonc2C)c1=O. The molecule has 2 aromatic heterocycles. The molecule has 0 fully saturated rings. The molecular weight excluding hydrogens is 224 g/mol. The van der Waals surface area contributed by atoms with Crippen molar-refractivity contribution in [2.24, 2.45) is 0 Å². The largest absolute Gasteiger partial charge is 0.331 e. The number of aryl methyl sites for hydroxylation is 2. The highest BCUT2D eigenvalue weighted by Gasteiger charge is 2.10. The molecule has 0 spiro atoms. The van der Waals surface area contributed by atoms with Crippen molar-refractivity contribution in [3.63, 3.8) is 0 Å². The fourth-order valence-electron chi connectivity index (χ4n) is 1.49. The van der Waals surface area contributed by atoms with E-state index in [9.17, 15) is 9.59 Å². The Morgan fingerprint density at radius 3 is 2.71 bits per heavy atom. The molecule has 7 nitrogen and oxygen atoms in total. The summed E-state index contributed by atoms with van der Waals surface area (Å²) in [6, 6.07) is 1.35. The minimum absolute atomic E-state index is 0.0772. The summed E-state index contributed by atoms with van der Waals surface area (Å²) in [5.41, 5.74) is 0.339. The summed E-state index contributed by atoms with van der Waals surface area (Å²) in [5.74, 6) is 0. The molecule has 0 aliphatic heterocycles. The second-order valence-electron chi connectivity index (χ2n) is 3.61. The molecule has 0 N–H and O–H groups in total. The maximum absolute atomic E-state index is 11.9. The molecule has 0 aliphatic rings. The Bertz CT molecular complexity index is 637. The van der Waals surface area contributed by atoms with Gasteiger partial charge in [-0.2, -0.15) is 0 Å². The maximum atomic E-state index is 11.9. The second-order valence-corrected chi connectivity index (χ2v) is 3.61. The van der Waals surface area contributed by atoms with E-state index in [1.807, 2.05) is 6.92 Å². The van der Waals surface area contributed by atoms with E-state index in [1.54, 1.807) is 6.92 Å². The molecule has 0 unspecified atom stereocenters. The minimum Gasteiger partial charge on any atom is -0.301 e. The van der Waals surface area contributed by atoms with Crippen LogP contribution in [0.3, 0.4) is 0 Å². The molecule has 0 saturated heterocycles. The summed E-state index contributed by atoms with van der Waals surface area (Å²) in [4.78, 5) is 23.5. The van der Waals surface area contributed by atoms with E-state index in [0.717, 1.165) is 4.57 Å². The zero-order valence-corrected chi connectivity index (χ0v) is 9.58. The van der Waals surface area contributed by atoms with Crippen molar-refractivity contribution in [3.05, 3.63) is 44.5 Å². The van der Waals surface area contributed by atoms with Crippen molar-refractivity contribution in [1.82, 2.24) is 19.4 Å². The predicted octanol–water partition coefficient (Wildman–Crippen LogP) is -0.230. The van der Waals surface area contributed by atoms with Crippen molar-refractivity contribution >= 4 is 0 Å². The molecule has 0 bridgehead atoms. The highest BCUT2D eigenvalue weighted by Crippen LogP contribution is 2.00. The van der Waals surface area contributed by atoms with Crippen LogP contribution in [-0.4, -0.2) is 19.4 Å². The van der Waals surface area contributed by atoms with Gasteiger partial charge >= 0.3 is 5.69 Å². The standard InChI is InChI=1S/C10H12N4O3/c1-3-13-5-4-9(15)14(10(13)16)6-8-7(2)11-17-12-8/h4-5H,3,6H2,1-2H3. The Labute approximate surface area is 96.3 Å². The molecule has 7 heteroatoms. The number of hydrogen-bond acceptors (Lipinski definition) is 5. The van der Waals surface area contributed by atoms with Crippen LogP contribution in [0.5, 0.6) is 0 Å². The van der Waals surface area contributed by atoms with Gasteiger partial charge in [0.15, 0.2) is 0 Å². The Kier molecular flexibility index (Phi) is 2.90. The Morgan fingerprint density at radius 1 is 1.35 bits per heavy atom. The van der Waals surface area contributed by atoms with E-state index in [0.29, 0.717) is 17.9 Å². The van der Waals surface area contributed by atoms with Crippen molar-refractivity contribution in [3.8, 4) is 0 Å². The lowest BCUT2D eigenvalue weighted by Gasteiger charge is -2.06. The molecule has 90 valence electrons. The summed E-state index contributed by atoms with van der Waals surface area (Å²) in [6.45, 7) is 4.13. The average Bonchev–Trinajstić information content (AvgIpc) is 2.70. The van der Waals surface area contributed by atoms with Gasteiger partial charge in [-0.1, -0.05) is 10.3 Å². The zero-order valence-electron chi connectivity index (χ0n) is 9.58. The van der Waals surface area contributed by atoms with Gasteiger partial charge in [0.25, 0.3) is 5.56 Å². The Hall–Kier alpha value is -2.18. The molecule has 0 amide bonds. The predicted molar refractivity (Wildman–Crippen MR) is 58.8 cm³/mol. The van der Waals surface area contributed by atoms with Crippen LogP contribution in [0, 0.1) is 6.92 Å². The van der Waals surface area contributed by atoms with Gasteiger partial charge in [0.2, 0.25) is 0 Å². The monoisotopic (exact) mass is 236 g/mol. The number of nitrogens with zero attached hydrogens (tertiary/aromatic N) is 4. The fourth-order valence-corrected chi connectivity index (χ4v) is 1.49. The van der Waals surface area contributed by atoms with Gasteiger partial charge < -0.3 is 4.57 Å².